The molecule has 1 aliphatic heterocycles. The second-order valence-corrected chi connectivity index (χ2v) is 13.9. The number of nitrogens with zero attached hydrogens (tertiary/aromatic N) is 1. The Morgan fingerprint density at radius 3 is 1.70 bits per heavy atom. The van der Waals surface area contributed by atoms with Crippen LogP contribution in [0.4, 0.5) is 4.79 Å². The van der Waals surface area contributed by atoms with Crippen LogP contribution >= 0.6 is 0 Å². The zero-order chi connectivity index (χ0) is 37.9. The van der Waals surface area contributed by atoms with Gasteiger partial charge in [0.2, 0.25) is 11.8 Å². The Kier molecular flexibility index (Phi) is 10.0. The number of benzene rings is 5. The highest BCUT2D eigenvalue weighted by atomic mass is 16.6. The van der Waals surface area contributed by atoms with E-state index in [1.54, 1.807) is 13.8 Å². The topological polar surface area (TPSA) is 134 Å². The fourth-order valence-corrected chi connectivity index (χ4v) is 7.78. The van der Waals surface area contributed by atoms with Crippen LogP contribution in [-0.4, -0.2) is 64.9 Å². The summed E-state index contributed by atoms with van der Waals surface area (Å²) in [6, 6.07) is 41.5. The van der Waals surface area contributed by atoms with Gasteiger partial charge >= 0.3 is 12.1 Å². The SMILES string of the molecule is CC1(C)OC[C@H](C(=O)O)N1C(=O)[C@H](CC(=O)NC(c1ccccc1)(c1ccccc1)c1ccccc1)NC(=O)OCC1c2ccccc2-c2ccccc21. The number of hydrogen-bond donors (Lipinski definition) is 3. The molecule has 3 N–H and O–H groups in total. The van der Waals surface area contributed by atoms with Crippen molar-refractivity contribution in [1.29, 1.82) is 0 Å². The molecule has 1 saturated heterocycles. The first-order valence-electron chi connectivity index (χ1n) is 17.9. The molecule has 5 aromatic carbocycles. The summed E-state index contributed by atoms with van der Waals surface area (Å²) in [6.07, 6.45) is -1.45. The van der Waals surface area contributed by atoms with Gasteiger partial charge in [-0.3, -0.25) is 14.5 Å². The third-order valence-electron chi connectivity index (χ3n) is 10.3. The van der Waals surface area contributed by atoms with Crippen molar-refractivity contribution in [2.45, 2.75) is 49.5 Å². The number of carbonyl (C=O) groups excluding carboxylic acids is 3. The van der Waals surface area contributed by atoms with E-state index in [9.17, 15) is 24.3 Å². The highest BCUT2D eigenvalue weighted by molar-refractivity contribution is 5.94. The van der Waals surface area contributed by atoms with E-state index in [-0.39, 0.29) is 19.1 Å². The zero-order valence-electron chi connectivity index (χ0n) is 30.0. The molecule has 0 unspecified atom stereocenters. The van der Waals surface area contributed by atoms with Crippen molar-refractivity contribution in [3.63, 3.8) is 0 Å². The molecule has 0 radical (unpaired) electrons. The molecule has 5 aromatic rings. The predicted octanol–water partition coefficient (Wildman–Crippen LogP) is 6.44. The normalized spacial score (nSPS) is 16.5. The van der Waals surface area contributed by atoms with E-state index in [4.69, 9.17) is 9.47 Å². The zero-order valence-corrected chi connectivity index (χ0v) is 30.0. The van der Waals surface area contributed by atoms with Gasteiger partial charge in [0.15, 0.2) is 6.04 Å². The molecule has 0 spiro atoms. The number of carboxylic acid groups (broad SMARTS) is 1. The summed E-state index contributed by atoms with van der Waals surface area (Å²) < 4.78 is 11.5. The molecule has 10 heteroatoms. The molecule has 1 heterocycles. The molecule has 1 aliphatic carbocycles. The number of aliphatic carboxylic acids is 1. The Bertz CT molecular complexity index is 2020. The van der Waals surface area contributed by atoms with Crippen molar-refractivity contribution in [1.82, 2.24) is 15.5 Å². The molecule has 0 bridgehead atoms. The lowest BCUT2D eigenvalue weighted by Gasteiger charge is -2.38. The molecule has 2 aliphatic rings. The minimum atomic E-state index is -1.51. The van der Waals surface area contributed by atoms with Gasteiger partial charge in [-0.15, -0.1) is 0 Å². The van der Waals surface area contributed by atoms with E-state index in [1.165, 1.54) is 0 Å². The van der Waals surface area contributed by atoms with Gasteiger partial charge in [-0.1, -0.05) is 140 Å². The Hall–Kier alpha value is -6.26. The summed E-state index contributed by atoms with van der Waals surface area (Å²) in [4.78, 5) is 56.0. The summed E-state index contributed by atoms with van der Waals surface area (Å²) in [7, 11) is 0. The lowest BCUT2D eigenvalue weighted by Crippen LogP contribution is -2.59. The first kappa shape index (κ1) is 36.1. The van der Waals surface area contributed by atoms with E-state index in [0.717, 1.165) is 43.8 Å². The number of rotatable bonds is 11. The van der Waals surface area contributed by atoms with Crippen LogP contribution in [0, 0.1) is 0 Å². The Morgan fingerprint density at radius 2 is 1.22 bits per heavy atom. The maximum absolute atomic E-state index is 14.5. The Labute approximate surface area is 313 Å². The van der Waals surface area contributed by atoms with Crippen LogP contribution in [0.15, 0.2) is 140 Å². The van der Waals surface area contributed by atoms with Crippen LogP contribution in [0.25, 0.3) is 11.1 Å². The van der Waals surface area contributed by atoms with Crippen molar-refractivity contribution in [3.8, 4) is 11.1 Å². The maximum atomic E-state index is 14.5. The van der Waals surface area contributed by atoms with Gasteiger partial charge in [0.1, 0.15) is 23.9 Å². The summed E-state index contributed by atoms with van der Waals surface area (Å²) in [5.74, 6) is -2.88. The third-order valence-corrected chi connectivity index (χ3v) is 10.3. The van der Waals surface area contributed by atoms with Gasteiger partial charge in [0.25, 0.3) is 0 Å². The van der Waals surface area contributed by atoms with E-state index in [1.807, 2.05) is 140 Å². The van der Waals surface area contributed by atoms with Crippen molar-refractivity contribution in [2.24, 2.45) is 0 Å². The highest BCUT2D eigenvalue weighted by Gasteiger charge is 2.50. The van der Waals surface area contributed by atoms with Crippen LogP contribution in [-0.2, 0) is 29.4 Å². The monoisotopic (exact) mass is 723 g/mol. The van der Waals surface area contributed by atoms with Gasteiger partial charge in [0.05, 0.1) is 13.0 Å². The largest absolute Gasteiger partial charge is 0.480 e. The van der Waals surface area contributed by atoms with Gasteiger partial charge < -0.3 is 25.2 Å². The molecular formula is C44H41N3O7. The summed E-state index contributed by atoms with van der Waals surface area (Å²) in [5.41, 5.74) is 3.91. The highest BCUT2D eigenvalue weighted by Crippen LogP contribution is 2.44. The number of fused-ring (bicyclic) bond motifs is 3. The summed E-state index contributed by atoms with van der Waals surface area (Å²) >= 11 is 0. The first-order chi connectivity index (χ1) is 26.1. The summed E-state index contributed by atoms with van der Waals surface area (Å²) in [6.45, 7) is 2.87. The molecule has 2 atom stereocenters. The van der Waals surface area contributed by atoms with Crippen molar-refractivity contribution in [3.05, 3.63) is 167 Å². The van der Waals surface area contributed by atoms with Gasteiger partial charge in [0, 0.05) is 5.92 Å². The number of amides is 3. The molecule has 3 amide bonds. The minimum Gasteiger partial charge on any atom is -0.480 e. The first-order valence-corrected chi connectivity index (χ1v) is 17.9. The van der Waals surface area contributed by atoms with Crippen molar-refractivity contribution < 1.29 is 33.8 Å². The van der Waals surface area contributed by atoms with E-state index >= 15 is 0 Å². The van der Waals surface area contributed by atoms with E-state index < -0.39 is 53.6 Å². The fraction of sp³-hybridized carbons (Fsp3) is 0.227. The number of carboxylic acids is 1. The van der Waals surface area contributed by atoms with Gasteiger partial charge in [-0.05, 0) is 52.8 Å². The number of hydrogen-bond acceptors (Lipinski definition) is 6. The molecule has 54 heavy (non-hydrogen) atoms. The molecule has 10 nitrogen and oxygen atoms in total. The smallest absolute Gasteiger partial charge is 0.407 e. The second-order valence-electron chi connectivity index (χ2n) is 13.9. The number of carbonyl (C=O) groups is 4. The van der Waals surface area contributed by atoms with E-state index in [2.05, 4.69) is 10.6 Å². The second kappa shape index (κ2) is 15.0. The van der Waals surface area contributed by atoms with Gasteiger partial charge in [-0.2, -0.15) is 0 Å². The Balaban J connectivity index is 1.20. The van der Waals surface area contributed by atoms with Crippen LogP contribution in [0.5, 0.6) is 0 Å². The van der Waals surface area contributed by atoms with E-state index in [0.29, 0.717) is 0 Å². The molecule has 7 rings (SSSR count). The average Bonchev–Trinajstić information content (AvgIpc) is 3.70. The molecule has 274 valence electrons. The lowest BCUT2D eigenvalue weighted by molar-refractivity contribution is -0.157. The molecule has 0 saturated carbocycles. The maximum Gasteiger partial charge on any atom is 0.407 e. The average molecular weight is 724 g/mol. The number of ether oxygens (including phenoxy) is 2. The van der Waals surface area contributed by atoms with Crippen LogP contribution in [0.3, 0.4) is 0 Å². The molecular weight excluding hydrogens is 682 g/mol. The standard InChI is InChI=1S/C44H41N3O7/c1-43(2)47(38(28-54-43)41(50)51)40(49)37(45-42(52)53-27-36-34-24-14-12-22-32(34)33-23-13-15-25-35(33)36)26-39(48)46-44(29-16-6-3-7-17-29,30-18-8-4-9-19-30)31-20-10-5-11-21-31/h3-25,36-38H,26-28H2,1-2H3,(H,45,52)(H,46,48)(H,50,51)/t37-,38+/m0/s1. The predicted molar refractivity (Wildman–Crippen MR) is 202 cm³/mol. The van der Waals surface area contributed by atoms with Crippen molar-refractivity contribution >= 4 is 23.9 Å². The van der Waals surface area contributed by atoms with Gasteiger partial charge in [-0.25, -0.2) is 9.59 Å². The van der Waals surface area contributed by atoms with Crippen molar-refractivity contribution in [2.75, 3.05) is 13.2 Å². The Morgan fingerprint density at radius 1 is 0.759 bits per heavy atom. The third kappa shape index (κ3) is 6.83. The molecule has 1 fully saturated rings. The van der Waals surface area contributed by atoms with Crippen LogP contribution in [0.1, 0.15) is 54.0 Å². The van der Waals surface area contributed by atoms with Crippen LogP contribution in [0.2, 0.25) is 0 Å². The summed E-state index contributed by atoms with van der Waals surface area (Å²) in [5, 5.41) is 15.9. The lowest BCUT2D eigenvalue weighted by atomic mass is 9.77. The number of alkyl carbamates (subject to hydrolysis) is 1. The fourth-order valence-electron chi connectivity index (χ4n) is 7.78. The number of nitrogens with one attached hydrogen (secondary N) is 2. The van der Waals surface area contributed by atoms with Crippen LogP contribution < -0.4 is 10.6 Å². The quantitative estimate of drug-likeness (QED) is 0.134. The minimum absolute atomic E-state index is 0.0256. The molecule has 0 aromatic heterocycles.